The van der Waals surface area contributed by atoms with Crippen LogP contribution in [0, 0.1) is 6.92 Å². The average molecular weight is 358 g/mol. The van der Waals surface area contributed by atoms with Crippen molar-refractivity contribution in [3.8, 4) is 0 Å². The van der Waals surface area contributed by atoms with Crippen molar-refractivity contribution in [1.82, 2.24) is 4.90 Å². The van der Waals surface area contributed by atoms with E-state index in [2.05, 4.69) is 29.2 Å². The lowest BCUT2D eigenvalue weighted by Crippen LogP contribution is -2.35. The Morgan fingerprint density at radius 2 is 1.92 bits per heavy atom. The summed E-state index contributed by atoms with van der Waals surface area (Å²) in [5.41, 5.74) is 1.27. The summed E-state index contributed by atoms with van der Waals surface area (Å²) in [7, 11) is 0. The maximum Gasteiger partial charge on any atom is 0.195 e. The second-order valence-electron chi connectivity index (χ2n) is 6.09. The molecule has 0 N–H and O–H groups in total. The number of rotatable bonds is 3. The van der Waals surface area contributed by atoms with Gasteiger partial charge < -0.3 is 4.74 Å². The summed E-state index contributed by atoms with van der Waals surface area (Å²) >= 11 is 3.53. The highest BCUT2D eigenvalue weighted by Gasteiger charge is 2.11. The van der Waals surface area contributed by atoms with Crippen LogP contribution in [0.1, 0.15) is 5.56 Å². The molecule has 0 radical (unpaired) electrons. The van der Waals surface area contributed by atoms with Gasteiger partial charge in [-0.05, 0) is 37.3 Å². The van der Waals surface area contributed by atoms with E-state index in [1.165, 1.54) is 4.90 Å². The number of benzene rings is 2. The summed E-state index contributed by atoms with van der Waals surface area (Å²) < 4.78 is 7.52. The number of thioether (sulfide) groups is 1. The van der Waals surface area contributed by atoms with Crippen LogP contribution in [0.3, 0.4) is 0 Å². The SMILES string of the molecule is Cc1ccc2sc3cc(SCN4CCOCC4)ccc3c(=O)c2c1. The topological polar surface area (TPSA) is 29.5 Å². The first-order valence-corrected chi connectivity index (χ1v) is 9.91. The first-order chi connectivity index (χ1) is 11.7. The fraction of sp³-hybridized carbons (Fsp3) is 0.316. The maximum absolute atomic E-state index is 12.7. The van der Waals surface area contributed by atoms with Crippen molar-refractivity contribution in [2.75, 3.05) is 32.2 Å². The Hall–Kier alpha value is -1.40. The summed E-state index contributed by atoms with van der Waals surface area (Å²) in [6.07, 6.45) is 0. The van der Waals surface area contributed by atoms with E-state index in [4.69, 9.17) is 4.74 Å². The molecule has 0 unspecified atom stereocenters. The third-order valence-corrected chi connectivity index (χ3v) is 6.53. The summed E-state index contributed by atoms with van der Waals surface area (Å²) in [5.74, 6) is 0.969. The molecular formula is C19H19NO2S2. The molecule has 0 saturated carbocycles. The smallest absolute Gasteiger partial charge is 0.195 e. The van der Waals surface area contributed by atoms with Crippen LogP contribution >= 0.6 is 23.1 Å². The molecule has 24 heavy (non-hydrogen) atoms. The molecule has 1 saturated heterocycles. The monoisotopic (exact) mass is 357 g/mol. The minimum absolute atomic E-state index is 0.146. The van der Waals surface area contributed by atoms with Gasteiger partial charge in [-0.3, -0.25) is 9.69 Å². The molecule has 2 aromatic carbocycles. The molecule has 1 fully saturated rings. The van der Waals surface area contributed by atoms with Crippen molar-refractivity contribution in [3.05, 3.63) is 52.2 Å². The van der Waals surface area contributed by atoms with Gasteiger partial charge >= 0.3 is 0 Å². The lowest BCUT2D eigenvalue weighted by Gasteiger charge is -2.26. The Kier molecular flexibility index (Phi) is 4.59. The van der Waals surface area contributed by atoms with Gasteiger partial charge in [0.05, 0.1) is 13.2 Å². The van der Waals surface area contributed by atoms with Gasteiger partial charge in [0.1, 0.15) is 0 Å². The molecule has 124 valence electrons. The Morgan fingerprint density at radius 1 is 1.08 bits per heavy atom. The number of ether oxygens (including phenoxy) is 1. The van der Waals surface area contributed by atoms with Crippen LogP contribution < -0.4 is 5.43 Å². The van der Waals surface area contributed by atoms with E-state index in [0.717, 1.165) is 57.9 Å². The standard InChI is InChI=1S/C19H19NO2S2/c1-13-2-5-17-16(10-13)19(21)15-4-3-14(11-18(15)24-17)23-12-20-6-8-22-9-7-20/h2-5,10-11H,6-9,12H2,1H3. The van der Waals surface area contributed by atoms with Crippen LogP contribution in [0.2, 0.25) is 0 Å². The van der Waals surface area contributed by atoms with Crippen molar-refractivity contribution in [1.29, 1.82) is 0 Å². The van der Waals surface area contributed by atoms with Crippen LogP contribution in [0.25, 0.3) is 20.2 Å². The lowest BCUT2D eigenvalue weighted by atomic mass is 10.1. The van der Waals surface area contributed by atoms with Gasteiger partial charge in [0, 0.05) is 44.0 Å². The molecule has 0 spiro atoms. The van der Waals surface area contributed by atoms with Gasteiger partial charge in [-0.2, -0.15) is 0 Å². The highest BCUT2D eigenvalue weighted by atomic mass is 32.2. The highest BCUT2D eigenvalue weighted by Crippen LogP contribution is 2.29. The molecule has 1 aliphatic heterocycles. The fourth-order valence-corrected chi connectivity index (χ4v) is 5.06. The fourth-order valence-electron chi connectivity index (χ4n) is 2.93. The molecule has 1 aliphatic rings. The molecule has 4 rings (SSSR count). The van der Waals surface area contributed by atoms with E-state index in [-0.39, 0.29) is 5.43 Å². The first kappa shape index (κ1) is 16.1. The number of nitrogens with zero attached hydrogens (tertiary/aromatic N) is 1. The zero-order chi connectivity index (χ0) is 16.5. The van der Waals surface area contributed by atoms with Crippen molar-refractivity contribution in [3.63, 3.8) is 0 Å². The molecule has 5 heteroatoms. The van der Waals surface area contributed by atoms with Gasteiger partial charge in [-0.1, -0.05) is 11.6 Å². The minimum atomic E-state index is 0.146. The predicted octanol–water partition coefficient (Wildman–Crippen LogP) is 4.10. The number of aryl methyl sites for hydroxylation is 1. The van der Waals surface area contributed by atoms with Gasteiger partial charge in [0.15, 0.2) is 5.43 Å². The normalized spacial score (nSPS) is 16.0. The highest BCUT2D eigenvalue weighted by molar-refractivity contribution is 7.99. The van der Waals surface area contributed by atoms with Crippen LogP contribution in [0.15, 0.2) is 46.1 Å². The average Bonchev–Trinajstić information content (AvgIpc) is 2.61. The lowest BCUT2D eigenvalue weighted by molar-refractivity contribution is 0.0474. The van der Waals surface area contributed by atoms with Gasteiger partial charge in [0.2, 0.25) is 0 Å². The largest absolute Gasteiger partial charge is 0.379 e. The molecular weight excluding hydrogens is 338 g/mol. The molecule has 0 bridgehead atoms. The molecule has 2 heterocycles. The third kappa shape index (κ3) is 3.22. The molecule has 1 aromatic heterocycles. The van der Waals surface area contributed by atoms with E-state index in [1.54, 1.807) is 11.3 Å². The van der Waals surface area contributed by atoms with E-state index >= 15 is 0 Å². The van der Waals surface area contributed by atoms with Crippen LogP contribution in [0.5, 0.6) is 0 Å². The molecule has 0 aliphatic carbocycles. The van der Waals surface area contributed by atoms with Crippen LogP contribution in [0.4, 0.5) is 0 Å². The molecule has 0 amide bonds. The second kappa shape index (κ2) is 6.84. The zero-order valence-corrected chi connectivity index (χ0v) is 15.2. The van der Waals surface area contributed by atoms with Crippen molar-refractivity contribution in [2.45, 2.75) is 11.8 Å². The molecule has 3 nitrogen and oxygen atoms in total. The first-order valence-electron chi connectivity index (χ1n) is 8.11. The van der Waals surface area contributed by atoms with Crippen molar-refractivity contribution < 1.29 is 4.74 Å². The second-order valence-corrected chi connectivity index (χ2v) is 8.19. The number of fused-ring (bicyclic) bond motifs is 2. The zero-order valence-electron chi connectivity index (χ0n) is 13.6. The Bertz CT molecular complexity index is 945. The Balaban J connectivity index is 1.66. The summed E-state index contributed by atoms with van der Waals surface area (Å²) in [6, 6.07) is 12.3. The number of hydrogen-bond donors (Lipinski definition) is 0. The number of morpholine rings is 1. The predicted molar refractivity (Wildman–Crippen MR) is 103 cm³/mol. The quantitative estimate of drug-likeness (QED) is 0.521. The molecule has 0 atom stereocenters. The van der Waals surface area contributed by atoms with Gasteiger partial charge in [0.25, 0.3) is 0 Å². The number of hydrogen-bond acceptors (Lipinski definition) is 5. The maximum atomic E-state index is 12.7. The summed E-state index contributed by atoms with van der Waals surface area (Å²) in [5, 5.41) is 1.66. The summed E-state index contributed by atoms with van der Waals surface area (Å²) in [6.45, 7) is 5.67. The van der Waals surface area contributed by atoms with E-state index in [1.807, 2.05) is 30.8 Å². The van der Waals surface area contributed by atoms with E-state index in [0.29, 0.717) is 0 Å². The third-order valence-electron chi connectivity index (χ3n) is 4.31. The van der Waals surface area contributed by atoms with Crippen LogP contribution in [-0.4, -0.2) is 37.1 Å². The van der Waals surface area contributed by atoms with Gasteiger partial charge in [-0.25, -0.2) is 0 Å². The van der Waals surface area contributed by atoms with E-state index in [9.17, 15) is 4.79 Å². The Morgan fingerprint density at radius 3 is 2.75 bits per heavy atom. The molecule has 3 aromatic rings. The Labute approximate surface area is 149 Å². The minimum Gasteiger partial charge on any atom is -0.379 e. The van der Waals surface area contributed by atoms with Crippen molar-refractivity contribution >= 4 is 43.3 Å². The summed E-state index contributed by atoms with van der Waals surface area (Å²) in [4.78, 5) is 16.4. The van der Waals surface area contributed by atoms with Crippen LogP contribution in [-0.2, 0) is 4.74 Å². The van der Waals surface area contributed by atoms with Gasteiger partial charge in [-0.15, -0.1) is 23.1 Å². The van der Waals surface area contributed by atoms with E-state index < -0.39 is 0 Å². The van der Waals surface area contributed by atoms with Crippen molar-refractivity contribution in [2.24, 2.45) is 0 Å².